The molecule has 0 fully saturated rings. The second-order valence-electron chi connectivity index (χ2n) is 4.00. The minimum Gasteiger partial charge on any atom is -0.363 e. The molecule has 0 spiro atoms. The van der Waals surface area contributed by atoms with Crippen molar-refractivity contribution in [1.29, 1.82) is 0 Å². The summed E-state index contributed by atoms with van der Waals surface area (Å²) < 4.78 is 0.726. The molecule has 0 aliphatic carbocycles. The summed E-state index contributed by atoms with van der Waals surface area (Å²) in [5.41, 5.74) is 0.534. The summed E-state index contributed by atoms with van der Waals surface area (Å²) in [5.74, 6) is -0.162. The van der Waals surface area contributed by atoms with E-state index >= 15 is 0 Å². The Hall–Kier alpha value is -1.02. The summed E-state index contributed by atoms with van der Waals surface area (Å²) in [6.45, 7) is 1.80. The lowest BCUT2D eigenvalue weighted by Gasteiger charge is -2.11. The van der Waals surface area contributed by atoms with Crippen LogP contribution < -0.4 is 10.6 Å². The van der Waals surface area contributed by atoms with Crippen molar-refractivity contribution >= 4 is 63.0 Å². The molecule has 1 amide bonds. The van der Waals surface area contributed by atoms with Crippen LogP contribution in [0.5, 0.6) is 0 Å². The van der Waals surface area contributed by atoms with E-state index in [0.717, 1.165) is 4.34 Å². The Labute approximate surface area is 140 Å². The summed E-state index contributed by atoms with van der Waals surface area (Å²) in [5, 5.41) is 14.9. The van der Waals surface area contributed by atoms with E-state index in [2.05, 4.69) is 20.8 Å². The quantitative estimate of drug-likeness (QED) is 0.786. The highest BCUT2D eigenvalue weighted by atomic mass is 35.5. The molecule has 9 heteroatoms. The number of halogens is 2. The first-order chi connectivity index (χ1) is 9.99. The first kappa shape index (κ1) is 16.4. The Morgan fingerprint density at radius 2 is 2.14 bits per heavy atom. The molecule has 5 nitrogen and oxygen atoms in total. The molecule has 2 N–H and O–H groups in total. The van der Waals surface area contributed by atoms with Gasteiger partial charge in [0.05, 0.1) is 16.0 Å². The molecular weight excluding hydrogens is 351 g/mol. The lowest BCUT2D eigenvalue weighted by Crippen LogP contribution is -2.22. The van der Waals surface area contributed by atoms with Crippen molar-refractivity contribution < 1.29 is 4.79 Å². The van der Waals surface area contributed by atoms with Crippen LogP contribution in [0.2, 0.25) is 10.0 Å². The molecule has 0 unspecified atom stereocenters. The van der Waals surface area contributed by atoms with Crippen molar-refractivity contribution in [3.05, 3.63) is 28.2 Å². The van der Waals surface area contributed by atoms with Gasteiger partial charge in [-0.1, -0.05) is 46.3 Å². The molecule has 1 atom stereocenters. The topological polar surface area (TPSA) is 66.9 Å². The second kappa shape index (κ2) is 7.31. The van der Waals surface area contributed by atoms with Crippen molar-refractivity contribution in [1.82, 2.24) is 10.2 Å². The van der Waals surface area contributed by atoms with E-state index in [9.17, 15) is 4.79 Å². The number of nitrogens with zero attached hydrogens (tertiary/aromatic N) is 2. The number of amides is 1. The number of anilines is 2. The van der Waals surface area contributed by atoms with Crippen molar-refractivity contribution in [2.75, 3.05) is 17.7 Å². The van der Waals surface area contributed by atoms with Crippen LogP contribution >= 0.6 is 46.3 Å². The number of benzene rings is 1. The predicted molar refractivity (Wildman–Crippen MR) is 89.9 cm³/mol. The maximum absolute atomic E-state index is 12.1. The molecule has 1 heterocycles. The van der Waals surface area contributed by atoms with Crippen LogP contribution in [0, 0.1) is 0 Å². The van der Waals surface area contributed by atoms with Gasteiger partial charge in [0.1, 0.15) is 0 Å². The maximum atomic E-state index is 12.1. The average molecular weight is 363 g/mol. The van der Waals surface area contributed by atoms with Crippen molar-refractivity contribution in [3.8, 4) is 0 Å². The van der Waals surface area contributed by atoms with Crippen LogP contribution in [0.4, 0.5) is 10.8 Å². The van der Waals surface area contributed by atoms with E-state index in [1.165, 1.54) is 23.1 Å². The summed E-state index contributed by atoms with van der Waals surface area (Å²) in [6.07, 6.45) is 0. The fourth-order valence-corrected chi connectivity index (χ4v) is 3.69. The number of thioether (sulfide) groups is 1. The van der Waals surface area contributed by atoms with Gasteiger partial charge in [-0.25, -0.2) is 0 Å². The van der Waals surface area contributed by atoms with Gasteiger partial charge in [-0.3, -0.25) is 4.79 Å². The van der Waals surface area contributed by atoms with Gasteiger partial charge in [0.25, 0.3) is 0 Å². The molecule has 0 saturated heterocycles. The molecule has 0 bridgehead atoms. The van der Waals surface area contributed by atoms with Gasteiger partial charge >= 0.3 is 0 Å². The van der Waals surface area contributed by atoms with E-state index in [1.807, 2.05) is 0 Å². The summed E-state index contributed by atoms with van der Waals surface area (Å²) in [4.78, 5) is 12.1. The molecule has 0 aliphatic rings. The zero-order valence-electron chi connectivity index (χ0n) is 11.2. The number of carbonyl (C=O) groups excluding carboxylic acids is 1. The second-order valence-corrected chi connectivity index (χ2v) is 7.41. The van der Waals surface area contributed by atoms with Crippen molar-refractivity contribution in [2.45, 2.75) is 16.5 Å². The fourth-order valence-electron chi connectivity index (χ4n) is 1.39. The highest BCUT2D eigenvalue weighted by molar-refractivity contribution is 8.02. The van der Waals surface area contributed by atoms with E-state index in [4.69, 9.17) is 23.2 Å². The smallest absolute Gasteiger partial charge is 0.237 e. The van der Waals surface area contributed by atoms with Crippen LogP contribution in [-0.4, -0.2) is 28.4 Å². The highest BCUT2D eigenvalue weighted by Crippen LogP contribution is 2.30. The van der Waals surface area contributed by atoms with E-state index in [-0.39, 0.29) is 11.2 Å². The molecular formula is C12H12Cl2N4OS2. The number of aromatic nitrogens is 2. The monoisotopic (exact) mass is 362 g/mol. The Kier molecular flexibility index (Phi) is 5.69. The molecule has 21 heavy (non-hydrogen) atoms. The summed E-state index contributed by atoms with van der Waals surface area (Å²) >= 11 is 14.6. The zero-order chi connectivity index (χ0) is 15.4. The molecule has 2 rings (SSSR count). The van der Waals surface area contributed by atoms with Gasteiger partial charge in [0.15, 0.2) is 4.34 Å². The molecule has 1 aromatic heterocycles. The van der Waals surface area contributed by atoms with Gasteiger partial charge in [-0.05, 0) is 25.1 Å². The normalized spacial score (nSPS) is 12.0. The number of hydrogen-bond acceptors (Lipinski definition) is 6. The Balaban J connectivity index is 1.99. The SMILES string of the molecule is CNc1nnc(S[C@H](C)C(=O)Nc2ccc(Cl)cc2Cl)s1. The third-order valence-electron chi connectivity index (χ3n) is 2.46. The maximum Gasteiger partial charge on any atom is 0.237 e. The van der Waals surface area contributed by atoms with Gasteiger partial charge < -0.3 is 10.6 Å². The molecule has 0 radical (unpaired) electrons. The minimum absolute atomic E-state index is 0.162. The summed E-state index contributed by atoms with van der Waals surface area (Å²) in [6, 6.07) is 4.93. The van der Waals surface area contributed by atoms with Crippen molar-refractivity contribution in [3.63, 3.8) is 0 Å². The Bertz CT molecular complexity index is 650. The fraction of sp³-hybridized carbons (Fsp3) is 0.250. The first-order valence-corrected chi connectivity index (χ1v) is 8.38. The number of rotatable bonds is 5. The largest absolute Gasteiger partial charge is 0.363 e. The lowest BCUT2D eigenvalue weighted by molar-refractivity contribution is -0.115. The Morgan fingerprint density at radius 1 is 1.38 bits per heavy atom. The van der Waals surface area contributed by atoms with Gasteiger partial charge in [0.2, 0.25) is 11.0 Å². The predicted octanol–water partition coefficient (Wildman–Crippen LogP) is 4.01. The van der Waals surface area contributed by atoms with Crippen molar-refractivity contribution in [2.24, 2.45) is 0 Å². The number of nitrogens with one attached hydrogen (secondary N) is 2. The third kappa shape index (κ3) is 4.47. The first-order valence-electron chi connectivity index (χ1n) is 5.93. The highest BCUT2D eigenvalue weighted by Gasteiger charge is 2.18. The van der Waals surface area contributed by atoms with Gasteiger partial charge in [0, 0.05) is 12.1 Å². The van der Waals surface area contributed by atoms with Crippen LogP contribution in [0.25, 0.3) is 0 Å². The van der Waals surface area contributed by atoms with Crippen LogP contribution in [0.15, 0.2) is 22.5 Å². The molecule has 1 aromatic carbocycles. The van der Waals surface area contributed by atoms with Crippen LogP contribution in [-0.2, 0) is 4.79 Å². The Morgan fingerprint density at radius 3 is 2.76 bits per heavy atom. The molecule has 112 valence electrons. The van der Waals surface area contributed by atoms with E-state index in [1.54, 1.807) is 32.2 Å². The third-order valence-corrected chi connectivity index (χ3v) is 5.13. The van der Waals surface area contributed by atoms with Crippen LogP contribution in [0.3, 0.4) is 0 Å². The zero-order valence-corrected chi connectivity index (χ0v) is 14.3. The van der Waals surface area contributed by atoms with Crippen LogP contribution in [0.1, 0.15) is 6.92 Å². The standard InChI is InChI=1S/C12H12Cl2N4OS2/c1-6(20-12-18-17-11(15-2)21-12)10(19)16-9-4-3-7(13)5-8(9)14/h3-6H,1-2H3,(H,15,17)(H,16,19)/t6-/m1/s1. The van der Waals surface area contributed by atoms with E-state index < -0.39 is 0 Å². The molecule has 2 aromatic rings. The molecule has 0 saturated carbocycles. The molecule has 0 aliphatic heterocycles. The lowest BCUT2D eigenvalue weighted by atomic mass is 10.3. The number of hydrogen-bond donors (Lipinski definition) is 2. The number of carbonyl (C=O) groups is 1. The summed E-state index contributed by atoms with van der Waals surface area (Å²) in [7, 11) is 1.77. The minimum atomic E-state index is -0.325. The van der Waals surface area contributed by atoms with Gasteiger partial charge in [-0.2, -0.15) is 0 Å². The average Bonchev–Trinajstić information content (AvgIpc) is 2.89. The van der Waals surface area contributed by atoms with Gasteiger partial charge in [-0.15, -0.1) is 10.2 Å². The van der Waals surface area contributed by atoms with E-state index in [0.29, 0.717) is 20.9 Å².